The summed E-state index contributed by atoms with van der Waals surface area (Å²) in [5.74, 6) is 1.77. The molecule has 10 nitrogen and oxygen atoms in total. The number of rotatable bonds is 6. The first-order valence-corrected chi connectivity index (χ1v) is 11.5. The van der Waals surface area contributed by atoms with Crippen molar-refractivity contribution in [1.82, 2.24) is 5.01 Å². The average molecular weight is 507 g/mol. The summed E-state index contributed by atoms with van der Waals surface area (Å²) in [5.41, 5.74) is 1.77. The Balaban J connectivity index is 1.69. The Labute approximate surface area is 211 Å². The fraction of sp³-hybridized carbons (Fsp3) is 0.296. The molecule has 0 N–H and O–H groups in total. The van der Waals surface area contributed by atoms with Gasteiger partial charge in [-0.3, -0.25) is 9.59 Å². The molecule has 2 aromatic carbocycles. The lowest BCUT2D eigenvalue weighted by Gasteiger charge is -2.21. The number of hydrazone groups is 1. The first-order valence-electron chi connectivity index (χ1n) is 11.5. The molecule has 0 aliphatic carbocycles. The van der Waals surface area contributed by atoms with E-state index in [9.17, 15) is 9.59 Å². The highest BCUT2D eigenvalue weighted by atomic mass is 16.5. The van der Waals surface area contributed by atoms with E-state index >= 15 is 0 Å². The number of nitrogens with zero attached hydrogens (tertiary/aromatic N) is 2. The van der Waals surface area contributed by atoms with Crippen molar-refractivity contribution in [3.63, 3.8) is 0 Å². The van der Waals surface area contributed by atoms with E-state index in [1.54, 1.807) is 39.3 Å². The Hall–Kier alpha value is -4.47. The van der Waals surface area contributed by atoms with Gasteiger partial charge in [0.15, 0.2) is 22.7 Å². The second-order valence-corrected chi connectivity index (χ2v) is 8.54. The molecular weight excluding hydrogens is 480 g/mol. The summed E-state index contributed by atoms with van der Waals surface area (Å²) in [4.78, 5) is 26.6. The van der Waals surface area contributed by atoms with E-state index in [1.807, 2.05) is 6.07 Å². The first kappa shape index (κ1) is 24.2. The molecule has 0 saturated carbocycles. The van der Waals surface area contributed by atoms with E-state index in [0.717, 1.165) is 5.56 Å². The number of hydrogen-bond acceptors (Lipinski definition) is 9. The lowest BCUT2D eigenvalue weighted by atomic mass is 9.96. The van der Waals surface area contributed by atoms with Crippen LogP contribution in [0.1, 0.15) is 36.3 Å². The van der Waals surface area contributed by atoms with Crippen LogP contribution in [0.5, 0.6) is 23.0 Å². The van der Waals surface area contributed by atoms with Gasteiger partial charge in [0, 0.05) is 13.3 Å². The van der Waals surface area contributed by atoms with E-state index < -0.39 is 6.04 Å². The molecule has 1 aliphatic heterocycles. The number of ether oxygens (including phenoxy) is 4. The minimum Gasteiger partial charge on any atom is -0.495 e. The number of hydrogen-bond donors (Lipinski definition) is 0. The van der Waals surface area contributed by atoms with Crippen LogP contribution in [0.4, 0.5) is 0 Å². The van der Waals surface area contributed by atoms with Gasteiger partial charge in [-0.2, -0.15) is 5.10 Å². The molecule has 2 aromatic heterocycles. The zero-order chi connectivity index (χ0) is 26.4. The highest BCUT2D eigenvalue weighted by molar-refractivity contribution is 6.10. The van der Waals surface area contributed by atoms with E-state index in [0.29, 0.717) is 51.9 Å². The van der Waals surface area contributed by atoms with Crippen LogP contribution in [0.25, 0.3) is 21.9 Å². The van der Waals surface area contributed by atoms with Gasteiger partial charge in [-0.05, 0) is 30.7 Å². The summed E-state index contributed by atoms with van der Waals surface area (Å²) in [6, 6.07) is 6.67. The SMILES string of the molecule is COc1ccc(C2CC(c3c(C)oc4c(OC)c5occc5c(OC)c4c3=O)=NN2C(C)=O)cc1OC. The molecule has 0 fully saturated rings. The first-order chi connectivity index (χ1) is 17.8. The van der Waals surface area contributed by atoms with Gasteiger partial charge in [-0.25, -0.2) is 5.01 Å². The predicted molar refractivity (Wildman–Crippen MR) is 136 cm³/mol. The maximum absolute atomic E-state index is 14.0. The van der Waals surface area contributed by atoms with Gasteiger partial charge in [-0.15, -0.1) is 0 Å². The maximum atomic E-state index is 14.0. The Morgan fingerprint density at radius 2 is 1.73 bits per heavy atom. The Morgan fingerprint density at radius 3 is 2.38 bits per heavy atom. The van der Waals surface area contributed by atoms with Crippen molar-refractivity contribution in [1.29, 1.82) is 0 Å². The molecule has 10 heteroatoms. The maximum Gasteiger partial charge on any atom is 0.240 e. The third-order valence-corrected chi connectivity index (χ3v) is 6.56. The van der Waals surface area contributed by atoms with Gasteiger partial charge in [0.1, 0.15) is 16.9 Å². The highest BCUT2D eigenvalue weighted by Crippen LogP contribution is 2.43. The minimum absolute atomic E-state index is 0.209. The second kappa shape index (κ2) is 9.20. The number of aryl methyl sites for hydroxylation is 1. The van der Waals surface area contributed by atoms with Gasteiger partial charge >= 0.3 is 0 Å². The molecule has 1 aliphatic rings. The largest absolute Gasteiger partial charge is 0.495 e. The monoisotopic (exact) mass is 506 g/mol. The Bertz CT molecular complexity index is 1630. The van der Waals surface area contributed by atoms with Crippen LogP contribution >= 0.6 is 0 Å². The van der Waals surface area contributed by atoms with Crippen molar-refractivity contribution in [2.75, 3.05) is 28.4 Å². The molecule has 4 aromatic rings. The van der Waals surface area contributed by atoms with E-state index in [1.165, 1.54) is 32.4 Å². The van der Waals surface area contributed by atoms with Crippen LogP contribution < -0.4 is 24.4 Å². The number of benzene rings is 2. The van der Waals surface area contributed by atoms with Gasteiger partial charge < -0.3 is 27.8 Å². The molecule has 5 rings (SSSR count). The van der Waals surface area contributed by atoms with Crippen LogP contribution in [-0.2, 0) is 4.79 Å². The molecule has 37 heavy (non-hydrogen) atoms. The molecular formula is C27H26N2O8. The van der Waals surface area contributed by atoms with E-state index in [2.05, 4.69) is 5.10 Å². The molecule has 192 valence electrons. The molecule has 0 radical (unpaired) electrons. The molecule has 1 unspecified atom stereocenters. The fourth-order valence-corrected chi connectivity index (χ4v) is 4.91. The quantitative estimate of drug-likeness (QED) is 0.374. The van der Waals surface area contributed by atoms with Gasteiger partial charge in [0.2, 0.25) is 17.1 Å². The number of carbonyl (C=O) groups excluding carboxylic acids is 1. The number of amides is 1. The summed E-state index contributed by atoms with van der Waals surface area (Å²) < 4.78 is 33.7. The third-order valence-electron chi connectivity index (χ3n) is 6.56. The highest BCUT2D eigenvalue weighted by Gasteiger charge is 2.35. The van der Waals surface area contributed by atoms with Crippen LogP contribution in [-0.4, -0.2) is 45.1 Å². The van der Waals surface area contributed by atoms with Crippen LogP contribution in [0.2, 0.25) is 0 Å². The van der Waals surface area contributed by atoms with Crippen LogP contribution in [0.15, 0.2) is 49.3 Å². The summed E-state index contributed by atoms with van der Waals surface area (Å²) in [7, 11) is 6.05. The topological polar surface area (TPSA) is 113 Å². The summed E-state index contributed by atoms with van der Waals surface area (Å²) in [6.45, 7) is 3.11. The van der Waals surface area contributed by atoms with E-state index in [4.69, 9.17) is 27.8 Å². The fourth-order valence-electron chi connectivity index (χ4n) is 4.91. The zero-order valence-corrected chi connectivity index (χ0v) is 21.3. The molecule has 0 spiro atoms. The number of methoxy groups -OCH3 is 4. The predicted octanol–water partition coefficient (Wildman–Crippen LogP) is 4.58. The molecule has 0 bridgehead atoms. The lowest BCUT2D eigenvalue weighted by molar-refractivity contribution is -0.130. The van der Waals surface area contributed by atoms with Crippen LogP contribution in [0, 0.1) is 6.92 Å². The summed E-state index contributed by atoms with van der Waals surface area (Å²) in [6.07, 6.45) is 1.78. The van der Waals surface area contributed by atoms with Crippen molar-refractivity contribution in [3.05, 3.63) is 57.6 Å². The summed E-state index contributed by atoms with van der Waals surface area (Å²) in [5, 5.41) is 6.73. The third kappa shape index (κ3) is 3.67. The normalized spacial score (nSPS) is 15.2. The van der Waals surface area contributed by atoms with E-state index in [-0.39, 0.29) is 27.9 Å². The summed E-state index contributed by atoms with van der Waals surface area (Å²) >= 11 is 0. The minimum atomic E-state index is -0.449. The van der Waals surface area contributed by atoms with Crippen molar-refractivity contribution < 1.29 is 32.6 Å². The Morgan fingerprint density at radius 1 is 1.00 bits per heavy atom. The van der Waals surface area contributed by atoms with Crippen molar-refractivity contribution in [2.45, 2.75) is 26.3 Å². The average Bonchev–Trinajstić information content (AvgIpc) is 3.55. The second-order valence-electron chi connectivity index (χ2n) is 8.54. The molecule has 1 atom stereocenters. The number of carbonyl (C=O) groups is 1. The van der Waals surface area contributed by atoms with Crippen molar-refractivity contribution in [3.8, 4) is 23.0 Å². The smallest absolute Gasteiger partial charge is 0.240 e. The molecule has 3 heterocycles. The van der Waals surface area contributed by atoms with Gasteiger partial charge in [0.25, 0.3) is 0 Å². The molecule has 1 amide bonds. The van der Waals surface area contributed by atoms with Crippen molar-refractivity contribution >= 4 is 33.6 Å². The van der Waals surface area contributed by atoms with Gasteiger partial charge in [-0.1, -0.05) is 6.07 Å². The zero-order valence-electron chi connectivity index (χ0n) is 21.3. The Kier molecular flexibility index (Phi) is 6.02. The molecule has 0 saturated heterocycles. The lowest BCUT2D eigenvalue weighted by Crippen LogP contribution is -2.24. The number of furan rings is 1. The number of fused-ring (bicyclic) bond motifs is 2. The standard InChI is InChI=1S/C27H26N2O8/c1-13-21(23(31)22-24(34-5)16-9-10-36-25(16)27(35-6)26(22)37-13)17-12-18(29(28-17)14(2)30)15-7-8-19(32-3)20(11-15)33-4/h7-11,18H,12H2,1-6H3. The van der Waals surface area contributed by atoms with Crippen LogP contribution in [0.3, 0.4) is 0 Å². The van der Waals surface area contributed by atoms with Gasteiger partial charge in [0.05, 0.1) is 57.4 Å². The van der Waals surface area contributed by atoms with Crippen molar-refractivity contribution in [2.24, 2.45) is 5.10 Å².